The number of ketones is 2. The Morgan fingerprint density at radius 2 is 1.02 bits per heavy atom. The highest BCUT2D eigenvalue weighted by Crippen LogP contribution is 2.26. The summed E-state index contributed by atoms with van der Waals surface area (Å²) in [7, 11) is 5.35. The summed E-state index contributed by atoms with van der Waals surface area (Å²) >= 11 is 0. The zero-order valence-electron chi connectivity index (χ0n) is 31.3. The van der Waals surface area contributed by atoms with E-state index >= 15 is 0 Å². The van der Waals surface area contributed by atoms with Crippen LogP contribution in [-0.2, 0) is 0 Å². The van der Waals surface area contributed by atoms with E-state index in [0.29, 0.717) is 33.4 Å². The van der Waals surface area contributed by atoms with Crippen LogP contribution in [0.5, 0.6) is 5.75 Å². The lowest BCUT2D eigenvalue weighted by Gasteiger charge is -2.21. The molecule has 0 aliphatic carbocycles. The van der Waals surface area contributed by atoms with E-state index in [1.807, 2.05) is 67.5 Å². The first-order valence-corrected chi connectivity index (χ1v) is 17.7. The maximum Gasteiger partial charge on any atom is 0.347 e. The van der Waals surface area contributed by atoms with Crippen molar-refractivity contribution in [3.8, 4) is 5.75 Å². The number of methoxy groups -OCH3 is 1. The first kappa shape index (κ1) is 38.1. The second kappa shape index (κ2) is 16.9. The van der Waals surface area contributed by atoms with E-state index in [1.165, 1.54) is 7.11 Å². The number of fused-ring (bicyclic) bond motifs is 2. The molecule has 53 heavy (non-hydrogen) atoms. The minimum Gasteiger partial charge on any atom is -0.496 e. The summed E-state index contributed by atoms with van der Waals surface area (Å²) in [6, 6.07) is 28.6. The molecule has 274 valence electrons. The molecule has 10 nitrogen and oxygen atoms in total. The van der Waals surface area contributed by atoms with Crippen molar-refractivity contribution in [2.75, 3.05) is 62.1 Å². The minimum atomic E-state index is -0.648. The van der Waals surface area contributed by atoms with Gasteiger partial charge in [0.2, 0.25) is 5.78 Å². The summed E-state index contributed by atoms with van der Waals surface area (Å²) in [5, 5.41) is 1.44. The third-order valence-electron chi connectivity index (χ3n) is 9.18. The van der Waals surface area contributed by atoms with Crippen LogP contribution in [0, 0.1) is 0 Å². The summed E-state index contributed by atoms with van der Waals surface area (Å²) in [6.07, 6.45) is 0. The van der Waals surface area contributed by atoms with E-state index in [2.05, 4.69) is 37.5 Å². The van der Waals surface area contributed by atoms with Gasteiger partial charge in [-0.05, 0) is 100 Å². The van der Waals surface area contributed by atoms with Gasteiger partial charge in [0.15, 0.2) is 5.78 Å². The van der Waals surface area contributed by atoms with Gasteiger partial charge in [0.05, 0.1) is 12.7 Å². The molecule has 0 N–H and O–H groups in total. The van der Waals surface area contributed by atoms with Crippen LogP contribution in [0.3, 0.4) is 0 Å². The van der Waals surface area contributed by atoms with Crippen LogP contribution < -0.4 is 30.7 Å². The predicted molar refractivity (Wildman–Crippen MR) is 213 cm³/mol. The molecule has 0 amide bonds. The third kappa shape index (κ3) is 8.33. The van der Waals surface area contributed by atoms with Crippen molar-refractivity contribution in [3.05, 3.63) is 140 Å². The molecule has 6 aromatic rings. The monoisotopic (exact) mass is 715 g/mol. The average molecular weight is 716 g/mol. The lowest BCUT2D eigenvalue weighted by atomic mass is 10.0. The van der Waals surface area contributed by atoms with Gasteiger partial charge in [0.1, 0.15) is 28.0 Å². The number of anilines is 3. The molecule has 0 saturated carbocycles. The van der Waals surface area contributed by atoms with E-state index in [9.17, 15) is 19.2 Å². The van der Waals surface area contributed by atoms with Gasteiger partial charge in [-0.2, -0.15) is 0 Å². The maximum absolute atomic E-state index is 12.8. The number of rotatable bonds is 12. The lowest BCUT2D eigenvalue weighted by molar-refractivity contribution is 0.102. The Morgan fingerprint density at radius 1 is 0.566 bits per heavy atom. The van der Waals surface area contributed by atoms with E-state index in [0.717, 1.165) is 48.6 Å². The summed E-state index contributed by atoms with van der Waals surface area (Å²) in [5.74, 6) is -0.316. The predicted octanol–water partition coefficient (Wildman–Crippen LogP) is 7.82. The van der Waals surface area contributed by atoms with Gasteiger partial charge in [-0.3, -0.25) is 9.59 Å². The fraction of sp³-hybridized carbons (Fsp3) is 0.256. The summed E-state index contributed by atoms with van der Waals surface area (Å²) in [5.41, 5.74) is 3.51. The van der Waals surface area contributed by atoms with Gasteiger partial charge in [0.25, 0.3) is 0 Å². The number of benzene rings is 4. The normalized spacial score (nSPS) is 10.8. The summed E-state index contributed by atoms with van der Waals surface area (Å²) in [4.78, 5) is 56.7. The topological polar surface area (TPSA) is 114 Å². The van der Waals surface area contributed by atoms with Crippen LogP contribution in [0.1, 0.15) is 59.5 Å². The zero-order chi connectivity index (χ0) is 38.2. The van der Waals surface area contributed by atoms with E-state index in [4.69, 9.17) is 13.6 Å². The smallest absolute Gasteiger partial charge is 0.347 e. The molecular weight excluding hydrogens is 670 g/mol. The second-order valence-electron chi connectivity index (χ2n) is 12.5. The van der Waals surface area contributed by atoms with Gasteiger partial charge < -0.3 is 28.3 Å². The van der Waals surface area contributed by atoms with Crippen molar-refractivity contribution in [2.24, 2.45) is 0 Å². The fourth-order valence-electron chi connectivity index (χ4n) is 6.13. The molecular formula is C43H45N3O7. The summed E-state index contributed by atoms with van der Waals surface area (Å²) < 4.78 is 16.1. The molecule has 0 spiro atoms. The number of para-hydroxylation sites is 1. The molecule has 0 atom stereocenters. The van der Waals surface area contributed by atoms with Crippen molar-refractivity contribution in [3.63, 3.8) is 0 Å². The quantitative estimate of drug-likeness (QED) is 0.0918. The van der Waals surface area contributed by atoms with Crippen LogP contribution in [0.25, 0.3) is 21.9 Å². The molecule has 0 saturated heterocycles. The van der Waals surface area contributed by atoms with Crippen LogP contribution in [0.2, 0.25) is 0 Å². The number of hydrogen-bond donors (Lipinski definition) is 0. The van der Waals surface area contributed by atoms with Crippen LogP contribution in [0.15, 0.2) is 115 Å². The first-order valence-electron chi connectivity index (χ1n) is 17.7. The van der Waals surface area contributed by atoms with Crippen molar-refractivity contribution >= 4 is 50.6 Å². The van der Waals surface area contributed by atoms with Crippen LogP contribution in [0.4, 0.5) is 17.1 Å². The third-order valence-corrected chi connectivity index (χ3v) is 9.18. The highest BCUT2D eigenvalue weighted by Gasteiger charge is 2.20. The van der Waals surface area contributed by atoms with Gasteiger partial charge in [0, 0.05) is 85.8 Å². The largest absolute Gasteiger partial charge is 0.496 e. The van der Waals surface area contributed by atoms with Crippen molar-refractivity contribution < 1.29 is 23.2 Å². The maximum atomic E-state index is 12.8. The van der Waals surface area contributed by atoms with Gasteiger partial charge in [-0.25, -0.2) is 9.59 Å². The molecule has 6 rings (SSSR count). The Balaban J connectivity index is 0.000000204. The SMILES string of the molecule is CCN(CC)c1ccc2cc(C(=O)c3ccc(N(C)C)cc3)c(=O)oc2c1.CCN(CC)c1ccc2cc(C(=O)c3ccccc3OC)c(=O)oc2c1. The molecule has 0 aliphatic rings. The van der Waals surface area contributed by atoms with Crippen molar-refractivity contribution in [1.29, 1.82) is 0 Å². The second-order valence-corrected chi connectivity index (χ2v) is 12.5. The number of ether oxygens (including phenoxy) is 1. The van der Waals surface area contributed by atoms with Crippen molar-refractivity contribution in [1.82, 2.24) is 0 Å². The Kier molecular flexibility index (Phi) is 12.1. The molecule has 10 heteroatoms. The van der Waals surface area contributed by atoms with Gasteiger partial charge >= 0.3 is 11.3 Å². The highest BCUT2D eigenvalue weighted by atomic mass is 16.5. The van der Waals surface area contributed by atoms with Crippen molar-refractivity contribution in [2.45, 2.75) is 27.7 Å². The molecule has 0 bridgehead atoms. The average Bonchev–Trinajstić information content (AvgIpc) is 3.18. The Morgan fingerprint density at radius 3 is 1.47 bits per heavy atom. The Labute approximate surface area is 308 Å². The Hall–Kier alpha value is -6.16. The molecule has 2 heterocycles. The summed E-state index contributed by atoms with van der Waals surface area (Å²) in [6.45, 7) is 11.7. The number of carbonyl (C=O) groups excluding carboxylic acids is 2. The zero-order valence-corrected chi connectivity index (χ0v) is 31.3. The number of hydrogen-bond acceptors (Lipinski definition) is 10. The molecule has 0 aliphatic heterocycles. The highest BCUT2D eigenvalue weighted by molar-refractivity contribution is 6.11. The molecule has 0 radical (unpaired) electrons. The fourth-order valence-corrected chi connectivity index (χ4v) is 6.13. The van der Waals surface area contributed by atoms with Gasteiger partial charge in [-0.15, -0.1) is 0 Å². The van der Waals surface area contributed by atoms with E-state index < -0.39 is 17.0 Å². The molecule has 0 fully saturated rings. The van der Waals surface area contributed by atoms with E-state index in [1.54, 1.807) is 48.5 Å². The van der Waals surface area contributed by atoms with Gasteiger partial charge in [-0.1, -0.05) is 12.1 Å². The first-order chi connectivity index (χ1) is 25.5. The van der Waals surface area contributed by atoms with E-state index in [-0.39, 0.29) is 16.9 Å². The Bertz CT molecular complexity index is 2350. The minimum absolute atomic E-state index is 0.00223. The molecule has 4 aromatic carbocycles. The molecule has 0 unspecified atom stereocenters. The molecule has 2 aromatic heterocycles. The number of nitrogens with zero attached hydrogens (tertiary/aromatic N) is 3. The van der Waals surface area contributed by atoms with Crippen LogP contribution >= 0.6 is 0 Å². The number of carbonyl (C=O) groups is 2. The standard InChI is InChI=1S/C22H24N2O3.C21H21NO4/c1-5-24(6-2)18-12-9-16-13-19(22(26)27-20(16)14-18)21(25)15-7-10-17(11-8-15)23(3)4;1-4-22(5-2)15-11-10-14-12-17(21(24)26-19(14)13-15)20(23)16-8-6-7-9-18(16)25-3/h7-14H,5-6H2,1-4H3;6-13H,4-5H2,1-3H3. The lowest BCUT2D eigenvalue weighted by Crippen LogP contribution is -2.21. The van der Waals surface area contributed by atoms with Crippen LogP contribution in [-0.4, -0.2) is 59.0 Å².